The fourth-order valence-corrected chi connectivity index (χ4v) is 5.30. The number of amides is 2. The Morgan fingerprint density at radius 2 is 1.84 bits per heavy atom. The summed E-state index contributed by atoms with van der Waals surface area (Å²) in [5, 5.41) is 8.41. The number of carbonyl (C=O) groups excluding carboxylic acids is 2. The molecular weight excluding hydrogens is 612 g/mol. The van der Waals surface area contributed by atoms with Gasteiger partial charge in [0.2, 0.25) is 5.91 Å². The molecule has 0 saturated carbocycles. The fraction of sp³-hybridized carbons (Fsp3) is 0.226. The molecule has 12 heteroatoms. The Kier molecular flexibility index (Phi) is 9.59. The minimum absolute atomic E-state index is 0.111. The largest absolute Gasteiger partial charge is 0.494 e. The predicted octanol–water partition coefficient (Wildman–Crippen LogP) is 7.09. The third kappa shape index (κ3) is 7.15. The summed E-state index contributed by atoms with van der Waals surface area (Å²) in [6.45, 7) is 3.03. The molecule has 5 rings (SSSR count). The molecule has 1 aromatic heterocycles. The standard InChI is InChI=1S/C31H28Cl2FN5O3S/c1-2-3-14-42-25-11-9-23(10-12-25)39-29(40)16-28(30(39)41)38(31(43)36-22-8-13-26(32)27(33)15-22)24-17-35-37(19-24)18-20-4-6-21(34)7-5-20/h4-13,15,17,19,28H,2-3,14,16,18H2,1H3,(H,36,43)/t28-/m1/s1. The van der Waals surface area contributed by atoms with E-state index in [-0.39, 0.29) is 23.3 Å². The van der Waals surface area contributed by atoms with Gasteiger partial charge in [0.1, 0.15) is 17.6 Å². The maximum atomic E-state index is 13.9. The van der Waals surface area contributed by atoms with Crippen molar-refractivity contribution in [2.75, 3.05) is 21.7 Å². The van der Waals surface area contributed by atoms with Crippen molar-refractivity contribution in [1.29, 1.82) is 0 Å². The third-order valence-electron chi connectivity index (χ3n) is 6.84. The Bertz CT molecular complexity index is 1630. The number of benzene rings is 3. The molecule has 1 atom stereocenters. The zero-order valence-electron chi connectivity index (χ0n) is 23.2. The first-order valence-corrected chi connectivity index (χ1v) is 14.8. The van der Waals surface area contributed by atoms with Gasteiger partial charge in [0.25, 0.3) is 5.91 Å². The van der Waals surface area contributed by atoms with Gasteiger partial charge in [-0.3, -0.25) is 14.3 Å². The number of aromatic nitrogens is 2. The summed E-state index contributed by atoms with van der Waals surface area (Å²) >= 11 is 18.1. The van der Waals surface area contributed by atoms with Crippen LogP contribution in [-0.4, -0.2) is 39.4 Å². The molecule has 1 fully saturated rings. The number of rotatable bonds is 10. The molecule has 3 aromatic carbocycles. The Balaban J connectivity index is 1.42. The highest BCUT2D eigenvalue weighted by molar-refractivity contribution is 7.80. The summed E-state index contributed by atoms with van der Waals surface area (Å²) < 4.78 is 20.8. The second kappa shape index (κ2) is 13.5. The topological polar surface area (TPSA) is 79.7 Å². The average molecular weight is 641 g/mol. The number of hydrogen-bond donors (Lipinski definition) is 1. The first kappa shape index (κ1) is 30.5. The number of nitrogens with zero attached hydrogens (tertiary/aromatic N) is 4. The zero-order valence-corrected chi connectivity index (χ0v) is 25.5. The first-order chi connectivity index (χ1) is 20.7. The first-order valence-electron chi connectivity index (χ1n) is 13.7. The lowest BCUT2D eigenvalue weighted by Gasteiger charge is -2.29. The molecule has 2 amide bonds. The second-order valence-electron chi connectivity index (χ2n) is 9.93. The van der Waals surface area contributed by atoms with Crippen molar-refractivity contribution in [2.45, 2.75) is 38.8 Å². The summed E-state index contributed by atoms with van der Waals surface area (Å²) in [5.41, 5.74) is 2.32. The van der Waals surface area contributed by atoms with Crippen LogP contribution in [0.15, 0.2) is 79.1 Å². The van der Waals surface area contributed by atoms with Gasteiger partial charge in [-0.05, 0) is 78.8 Å². The van der Waals surface area contributed by atoms with Crippen LogP contribution in [0.5, 0.6) is 5.75 Å². The van der Waals surface area contributed by atoms with E-state index in [4.69, 9.17) is 40.2 Å². The van der Waals surface area contributed by atoms with E-state index in [1.54, 1.807) is 76.6 Å². The normalized spacial score (nSPS) is 14.7. The highest BCUT2D eigenvalue weighted by atomic mass is 35.5. The van der Waals surface area contributed by atoms with Gasteiger partial charge in [-0.15, -0.1) is 0 Å². The smallest absolute Gasteiger partial charge is 0.257 e. The highest BCUT2D eigenvalue weighted by Gasteiger charge is 2.44. The summed E-state index contributed by atoms with van der Waals surface area (Å²) in [7, 11) is 0. The van der Waals surface area contributed by atoms with E-state index in [0.717, 1.165) is 23.3 Å². The van der Waals surface area contributed by atoms with Crippen LogP contribution in [0.4, 0.5) is 21.5 Å². The number of ether oxygens (including phenoxy) is 1. The van der Waals surface area contributed by atoms with Crippen molar-refractivity contribution in [3.63, 3.8) is 0 Å². The van der Waals surface area contributed by atoms with Crippen molar-refractivity contribution < 1.29 is 18.7 Å². The summed E-state index contributed by atoms with van der Waals surface area (Å²) in [6.07, 6.45) is 5.11. The molecular formula is C31H28Cl2FN5O3S. The minimum atomic E-state index is -0.945. The van der Waals surface area contributed by atoms with Crippen LogP contribution in [0.3, 0.4) is 0 Å². The molecule has 0 bridgehead atoms. The third-order valence-corrected chi connectivity index (χ3v) is 7.88. The van der Waals surface area contributed by atoms with Crippen LogP contribution in [0.1, 0.15) is 31.7 Å². The monoisotopic (exact) mass is 639 g/mol. The van der Waals surface area contributed by atoms with Crippen molar-refractivity contribution in [2.24, 2.45) is 0 Å². The number of carbonyl (C=O) groups is 2. The number of unbranched alkanes of at least 4 members (excludes halogenated alkanes) is 1. The minimum Gasteiger partial charge on any atom is -0.494 e. The maximum absolute atomic E-state index is 13.9. The van der Waals surface area contributed by atoms with E-state index in [1.165, 1.54) is 12.1 Å². The highest BCUT2D eigenvalue weighted by Crippen LogP contribution is 2.31. The molecule has 1 aliphatic rings. The molecule has 222 valence electrons. The van der Waals surface area contributed by atoms with E-state index < -0.39 is 11.9 Å². The predicted molar refractivity (Wildman–Crippen MR) is 171 cm³/mol. The average Bonchev–Trinajstić information content (AvgIpc) is 3.56. The Hall–Kier alpha value is -3.99. The molecule has 2 heterocycles. The van der Waals surface area contributed by atoms with Crippen molar-refractivity contribution in [3.05, 3.63) is 101 Å². The molecule has 4 aromatic rings. The lowest BCUT2D eigenvalue weighted by atomic mass is 10.2. The molecule has 1 N–H and O–H groups in total. The molecule has 0 spiro atoms. The van der Waals surface area contributed by atoms with Crippen LogP contribution >= 0.6 is 35.4 Å². The number of halogens is 3. The Morgan fingerprint density at radius 1 is 1.09 bits per heavy atom. The van der Waals surface area contributed by atoms with Gasteiger partial charge in [-0.1, -0.05) is 48.7 Å². The van der Waals surface area contributed by atoms with E-state index >= 15 is 0 Å². The molecule has 1 aliphatic heterocycles. The van der Waals surface area contributed by atoms with Gasteiger partial charge in [0.05, 0.1) is 47.2 Å². The fourth-order valence-electron chi connectivity index (χ4n) is 4.65. The van der Waals surface area contributed by atoms with E-state index in [0.29, 0.717) is 46.0 Å². The van der Waals surface area contributed by atoms with Gasteiger partial charge < -0.3 is 15.0 Å². The van der Waals surface area contributed by atoms with Gasteiger partial charge in [-0.25, -0.2) is 9.29 Å². The number of imide groups is 1. The van der Waals surface area contributed by atoms with Crippen molar-refractivity contribution >= 4 is 69.4 Å². The number of thiocarbonyl (C=S) groups is 1. The van der Waals surface area contributed by atoms with Gasteiger partial charge >= 0.3 is 0 Å². The van der Waals surface area contributed by atoms with E-state index in [1.807, 2.05) is 0 Å². The van der Waals surface area contributed by atoms with Crippen LogP contribution in [-0.2, 0) is 16.1 Å². The van der Waals surface area contributed by atoms with Crippen molar-refractivity contribution in [1.82, 2.24) is 9.78 Å². The zero-order chi connectivity index (χ0) is 30.5. The van der Waals surface area contributed by atoms with Crippen LogP contribution < -0.4 is 19.9 Å². The van der Waals surface area contributed by atoms with Crippen LogP contribution in [0.2, 0.25) is 10.0 Å². The van der Waals surface area contributed by atoms with Crippen LogP contribution in [0.25, 0.3) is 0 Å². The van der Waals surface area contributed by atoms with E-state index in [2.05, 4.69) is 17.3 Å². The lowest BCUT2D eigenvalue weighted by molar-refractivity contribution is -0.121. The van der Waals surface area contributed by atoms with Gasteiger partial charge in [0, 0.05) is 11.9 Å². The Morgan fingerprint density at radius 3 is 2.53 bits per heavy atom. The number of hydrogen-bond acceptors (Lipinski definition) is 5. The summed E-state index contributed by atoms with van der Waals surface area (Å²) in [4.78, 5) is 29.9. The lowest BCUT2D eigenvalue weighted by Crippen LogP contribution is -2.47. The van der Waals surface area contributed by atoms with Gasteiger partial charge in [0.15, 0.2) is 5.11 Å². The molecule has 0 aliphatic carbocycles. The quantitative estimate of drug-likeness (QED) is 0.113. The van der Waals surface area contributed by atoms with Gasteiger partial charge in [-0.2, -0.15) is 5.10 Å². The number of anilines is 3. The summed E-state index contributed by atoms with van der Waals surface area (Å²) in [6, 6.07) is 17.0. The number of nitrogens with one attached hydrogen (secondary N) is 1. The summed E-state index contributed by atoms with van der Waals surface area (Å²) in [5.74, 6) is -0.470. The van der Waals surface area contributed by atoms with Crippen LogP contribution in [0, 0.1) is 5.82 Å². The molecule has 8 nitrogen and oxygen atoms in total. The molecule has 0 unspecified atom stereocenters. The second-order valence-corrected chi connectivity index (χ2v) is 11.1. The molecule has 0 radical (unpaired) electrons. The molecule has 1 saturated heterocycles. The molecule has 43 heavy (non-hydrogen) atoms. The van der Waals surface area contributed by atoms with Crippen molar-refractivity contribution in [3.8, 4) is 5.75 Å². The Labute approximate surface area is 263 Å². The SMILES string of the molecule is CCCCOc1ccc(N2C(=O)C[C@@H](N(C(=S)Nc3ccc(Cl)c(Cl)c3)c3cnn(Cc4ccc(F)cc4)c3)C2=O)cc1. The maximum Gasteiger partial charge on any atom is 0.257 e. The van der Waals surface area contributed by atoms with E-state index in [9.17, 15) is 14.0 Å².